The van der Waals surface area contributed by atoms with Crippen molar-refractivity contribution in [3.8, 4) is 17.3 Å². The summed E-state index contributed by atoms with van der Waals surface area (Å²) in [5, 5.41) is 17.0. The Bertz CT molecular complexity index is 988. The van der Waals surface area contributed by atoms with Crippen molar-refractivity contribution in [2.24, 2.45) is 0 Å². The molecule has 0 aliphatic carbocycles. The largest absolute Gasteiger partial charge is 0.451 e. The van der Waals surface area contributed by atoms with Crippen LogP contribution in [0.3, 0.4) is 0 Å². The van der Waals surface area contributed by atoms with Crippen molar-refractivity contribution in [3.05, 3.63) is 58.9 Å². The van der Waals surface area contributed by atoms with Crippen molar-refractivity contribution >= 4 is 17.5 Å². The number of carbonyl (C=O) groups excluding carboxylic acids is 1. The van der Waals surface area contributed by atoms with Gasteiger partial charge in [0.15, 0.2) is 12.1 Å². The number of hydrogen-bond donors (Lipinski definition) is 1. The molecule has 1 atom stereocenters. The van der Waals surface area contributed by atoms with Crippen LogP contribution in [0.1, 0.15) is 35.0 Å². The number of nitriles is 1. The Morgan fingerprint density at radius 2 is 2.26 bits per heavy atom. The molecule has 0 spiro atoms. The van der Waals surface area contributed by atoms with Crippen LogP contribution in [0.25, 0.3) is 11.3 Å². The van der Waals surface area contributed by atoms with Crippen molar-refractivity contribution < 1.29 is 9.21 Å². The number of halogens is 1. The molecule has 0 bridgehead atoms. The second kappa shape index (κ2) is 8.06. The van der Waals surface area contributed by atoms with E-state index in [2.05, 4.69) is 21.5 Å². The molecule has 1 amide bonds. The summed E-state index contributed by atoms with van der Waals surface area (Å²) >= 11 is 6.25. The zero-order valence-corrected chi connectivity index (χ0v) is 15.7. The van der Waals surface area contributed by atoms with E-state index in [1.165, 1.54) is 12.7 Å². The van der Waals surface area contributed by atoms with Crippen molar-refractivity contribution in [3.63, 3.8) is 0 Å². The molecule has 27 heavy (non-hydrogen) atoms. The molecule has 0 saturated heterocycles. The van der Waals surface area contributed by atoms with Gasteiger partial charge in [-0.2, -0.15) is 10.4 Å². The molecule has 1 aromatic carbocycles. The lowest BCUT2D eigenvalue weighted by Crippen LogP contribution is -2.37. The summed E-state index contributed by atoms with van der Waals surface area (Å²) < 4.78 is 6.61. The normalized spacial score (nSPS) is 11.8. The Morgan fingerprint density at radius 1 is 1.44 bits per heavy atom. The van der Waals surface area contributed by atoms with Gasteiger partial charge < -0.3 is 9.73 Å². The molecule has 2 aromatic heterocycles. The van der Waals surface area contributed by atoms with Crippen LogP contribution in [0, 0.1) is 18.3 Å². The summed E-state index contributed by atoms with van der Waals surface area (Å²) in [5.41, 5.74) is 3.14. The molecule has 1 unspecified atom stereocenters. The van der Waals surface area contributed by atoms with Gasteiger partial charge in [-0.3, -0.25) is 9.48 Å². The average molecular weight is 384 g/mol. The highest BCUT2D eigenvalue weighted by atomic mass is 35.5. The molecule has 3 rings (SSSR count). The fourth-order valence-electron chi connectivity index (χ4n) is 2.74. The number of hydrogen-bond acceptors (Lipinski definition) is 5. The van der Waals surface area contributed by atoms with Gasteiger partial charge >= 0.3 is 0 Å². The van der Waals surface area contributed by atoms with Crippen LogP contribution in [0.15, 0.2) is 41.5 Å². The van der Waals surface area contributed by atoms with E-state index >= 15 is 0 Å². The first-order valence-electron chi connectivity index (χ1n) is 8.45. The predicted octanol–water partition coefficient (Wildman–Crippen LogP) is 3.58. The molecule has 0 saturated carbocycles. The second-order valence-corrected chi connectivity index (χ2v) is 6.46. The van der Waals surface area contributed by atoms with Crippen LogP contribution >= 0.6 is 11.6 Å². The van der Waals surface area contributed by atoms with E-state index in [4.69, 9.17) is 21.3 Å². The molecule has 8 heteroatoms. The van der Waals surface area contributed by atoms with Gasteiger partial charge in [0.2, 0.25) is 0 Å². The number of nitrogens with one attached hydrogen (secondary N) is 1. The van der Waals surface area contributed by atoms with Crippen molar-refractivity contribution in [2.75, 3.05) is 0 Å². The third kappa shape index (κ3) is 4.01. The van der Waals surface area contributed by atoms with Crippen LogP contribution in [0.5, 0.6) is 0 Å². The third-order valence-electron chi connectivity index (χ3n) is 4.32. The van der Waals surface area contributed by atoms with Gasteiger partial charge in [0.05, 0.1) is 22.8 Å². The Kier molecular flexibility index (Phi) is 5.57. The molecule has 0 fully saturated rings. The topological polar surface area (TPSA) is 96.7 Å². The highest BCUT2D eigenvalue weighted by Gasteiger charge is 2.16. The minimum Gasteiger partial charge on any atom is -0.451 e. The van der Waals surface area contributed by atoms with Gasteiger partial charge in [-0.05, 0) is 31.0 Å². The van der Waals surface area contributed by atoms with E-state index in [9.17, 15) is 4.79 Å². The maximum absolute atomic E-state index is 12.1. The van der Waals surface area contributed by atoms with Crippen molar-refractivity contribution in [1.29, 1.82) is 5.26 Å². The summed E-state index contributed by atoms with van der Waals surface area (Å²) in [6.07, 6.45) is 5.12. The highest BCUT2D eigenvalue weighted by Crippen LogP contribution is 2.29. The van der Waals surface area contributed by atoms with Gasteiger partial charge in [-0.15, -0.1) is 0 Å². The molecule has 0 aliphatic heterocycles. The molecule has 0 aliphatic rings. The highest BCUT2D eigenvalue weighted by molar-refractivity contribution is 6.32. The number of benzene rings is 1. The molecule has 0 radical (unpaired) electrons. The standard InChI is InChI=1S/C19H18ClN5O2/c1-3-14(23-19(26)17-10-27-11-22-17)9-25-7-6-16(24-25)15-5-4-13(8-21)18(20)12(15)2/h4-7,10-11,14H,3,9H2,1-2H3,(H,23,26). The fourth-order valence-corrected chi connectivity index (χ4v) is 2.95. The summed E-state index contributed by atoms with van der Waals surface area (Å²) in [4.78, 5) is 16.0. The SMILES string of the molecule is CCC(Cn1ccc(-c2ccc(C#N)c(Cl)c2C)n1)NC(=O)c1cocn1. The smallest absolute Gasteiger partial charge is 0.273 e. The lowest BCUT2D eigenvalue weighted by atomic mass is 10.0. The quantitative estimate of drug-likeness (QED) is 0.701. The van der Waals surface area contributed by atoms with E-state index < -0.39 is 0 Å². The third-order valence-corrected chi connectivity index (χ3v) is 4.81. The van der Waals surface area contributed by atoms with E-state index in [0.29, 0.717) is 17.1 Å². The van der Waals surface area contributed by atoms with Crippen LogP contribution in [-0.2, 0) is 6.54 Å². The minimum atomic E-state index is -0.280. The van der Waals surface area contributed by atoms with Gasteiger partial charge in [0.1, 0.15) is 12.3 Å². The maximum atomic E-state index is 12.1. The van der Waals surface area contributed by atoms with E-state index in [1.54, 1.807) is 10.7 Å². The second-order valence-electron chi connectivity index (χ2n) is 6.09. The number of aromatic nitrogens is 3. The lowest BCUT2D eigenvalue weighted by molar-refractivity contribution is 0.0926. The minimum absolute atomic E-state index is 0.104. The van der Waals surface area contributed by atoms with Crippen molar-refractivity contribution in [2.45, 2.75) is 32.9 Å². The van der Waals surface area contributed by atoms with Gasteiger partial charge in [0, 0.05) is 17.8 Å². The molecule has 7 nitrogen and oxygen atoms in total. The van der Waals surface area contributed by atoms with Crippen LogP contribution in [0.2, 0.25) is 5.02 Å². The van der Waals surface area contributed by atoms with Gasteiger partial charge in [-0.1, -0.05) is 24.6 Å². The summed E-state index contributed by atoms with van der Waals surface area (Å²) in [6, 6.07) is 7.39. The molecular weight excluding hydrogens is 366 g/mol. The predicted molar refractivity (Wildman–Crippen MR) is 100 cm³/mol. The Labute approximate surface area is 161 Å². The maximum Gasteiger partial charge on any atom is 0.273 e. The van der Waals surface area contributed by atoms with Crippen LogP contribution < -0.4 is 5.32 Å². The number of amides is 1. The first-order valence-corrected chi connectivity index (χ1v) is 8.83. The van der Waals surface area contributed by atoms with E-state index in [1.807, 2.05) is 32.2 Å². The van der Waals surface area contributed by atoms with Crippen molar-refractivity contribution in [1.82, 2.24) is 20.1 Å². The fraction of sp³-hybridized carbons (Fsp3) is 0.263. The van der Waals surface area contributed by atoms with Crippen LogP contribution in [0.4, 0.5) is 0 Å². The van der Waals surface area contributed by atoms with Crippen LogP contribution in [-0.4, -0.2) is 26.7 Å². The van der Waals surface area contributed by atoms with Gasteiger partial charge in [-0.25, -0.2) is 4.98 Å². The molecule has 3 aromatic rings. The zero-order valence-electron chi connectivity index (χ0n) is 14.9. The summed E-state index contributed by atoms with van der Waals surface area (Å²) in [5.74, 6) is -0.280. The summed E-state index contributed by atoms with van der Waals surface area (Å²) in [6.45, 7) is 4.37. The molecule has 138 valence electrons. The molecule has 2 heterocycles. The van der Waals surface area contributed by atoms with Gasteiger partial charge in [0.25, 0.3) is 5.91 Å². The number of oxazole rings is 1. The van der Waals surface area contributed by atoms with E-state index in [0.717, 1.165) is 23.2 Å². The molecule has 1 N–H and O–H groups in total. The number of nitrogens with zero attached hydrogens (tertiary/aromatic N) is 4. The monoisotopic (exact) mass is 383 g/mol. The number of carbonyl (C=O) groups is 1. The Morgan fingerprint density at radius 3 is 2.93 bits per heavy atom. The van der Waals surface area contributed by atoms with E-state index in [-0.39, 0.29) is 17.6 Å². The first-order chi connectivity index (χ1) is 13.0. The summed E-state index contributed by atoms with van der Waals surface area (Å²) in [7, 11) is 0. The lowest BCUT2D eigenvalue weighted by Gasteiger charge is -2.16. The Hall–Kier alpha value is -3.11. The first kappa shape index (κ1) is 18.7. The molecular formula is C19H18ClN5O2. The Balaban J connectivity index is 1.75. The zero-order chi connectivity index (χ0) is 19.4. The average Bonchev–Trinajstić information content (AvgIpc) is 3.35. The number of rotatable bonds is 6.